The van der Waals surface area contributed by atoms with Crippen molar-refractivity contribution in [1.29, 1.82) is 0 Å². The molecule has 23 heavy (non-hydrogen) atoms. The zero-order valence-corrected chi connectivity index (χ0v) is 13.4. The van der Waals surface area contributed by atoms with E-state index in [1.165, 1.54) is 0 Å². The number of rotatable bonds is 2. The molecule has 7 heteroatoms. The number of H-pyrrole nitrogens is 1. The minimum Gasteiger partial charge on any atom is -0.408 e. The number of benzene rings is 1. The Bertz CT molecular complexity index is 940. The quantitative estimate of drug-likeness (QED) is 0.760. The van der Waals surface area contributed by atoms with Gasteiger partial charge in [-0.15, -0.1) is 0 Å². The van der Waals surface area contributed by atoms with Gasteiger partial charge in [0.05, 0.1) is 22.8 Å². The maximum Gasteiger partial charge on any atom is 0.417 e. The van der Waals surface area contributed by atoms with E-state index in [1.54, 1.807) is 24.4 Å². The van der Waals surface area contributed by atoms with Crippen LogP contribution in [0.4, 0.5) is 5.69 Å². The third-order valence-electron chi connectivity index (χ3n) is 3.57. The number of hydrogen-bond acceptors (Lipinski definition) is 4. The van der Waals surface area contributed by atoms with E-state index < -0.39 is 5.76 Å². The number of carbonyl (C=O) groups excluding carboxylic acids is 1. The van der Waals surface area contributed by atoms with Crippen LogP contribution in [0.5, 0.6) is 0 Å². The molecule has 7 nitrogen and oxygen atoms in total. The average molecular weight is 314 g/mol. The van der Waals surface area contributed by atoms with E-state index in [9.17, 15) is 9.59 Å². The number of nitrogens with one attached hydrogen (secondary N) is 2. The number of anilines is 1. The normalized spacial score (nSPS) is 11.8. The first-order valence-corrected chi connectivity index (χ1v) is 7.25. The van der Waals surface area contributed by atoms with Crippen molar-refractivity contribution in [2.45, 2.75) is 33.2 Å². The maximum atomic E-state index is 12.5. The molecule has 0 saturated carbocycles. The number of fused-ring (bicyclic) bond motifs is 1. The van der Waals surface area contributed by atoms with E-state index in [0.29, 0.717) is 22.4 Å². The zero-order valence-electron chi connectivity index (χ0n) is 13.4. The van der Waals surface area contributed by atoms with Crippen LogP contribution in [0.25, 0.3) is 11.1 Å². The fourth-order valence-corrected chi connectivity index (χ4v) is 2.54. The topological polar surface area (TPSA) is 92.9 Å². The minimum absolute atomic E-state index is 0.197. The summed E-state index contributed by atoms with van der Waals surface area (Å²) in [6.07, 6.45) is 1.56. The Balaban J connectivity index is 1.88. The van der Waals surface area contributed by atoms with E-state index in [2.05, 4.69) is 15.4 Å². The van der Waals surface area contributed by atoms with Crippen molar-refractivity contribution >= 4 is 22.7 Å². The molecular weight excluding hydrogens is 296 g/mol. The molecule has 1 aromatic carbocycles. The van der Waals surface area contributed by atoms with Gasteiger partial charge in [0.1, 0.15) is 0 Å². The highest BCUT2D eigenvalue weighted by Gasteiger charge is 2.21. The van der Waals surface area contributed by atoms with Crippen LogP contribution in [0.1, 0.15) is 36.8 Å². The Kier molecular flexibility index (Phi) is 3.35. The first-order chi connectivity index (χ1) is 10.8. The second-order valence-corrected chi connectivity index (χ2v) is 6.41. The highest BCUT2D eigenvalue weighted by molar-refractivity contribution is 6.05. The summed E-state index contributed by atoms with van der Waals surface area (Å²) in [6, 6.07) is 4.97. The monoisotopic (exact) mass is 314 g/mol. The smallest absolute Gasteiger partial charge is 0.408 e. The zero-order chi connectivity index (χ0) is 16.8. The highest BCUT2D eigenvalue weighted by Crippen LogP contribution is 2.20. The summed E-state index contributed by atoms with van der Waals surface area (Å²) in [6.45, 7) is 7.94. The largest absolute Gasteiger partial charge is 0.417 e. The molecule has 0 fully saturated rings. The Labute approximate surface area is 132 Å². The Morgan fingerprint density at radius 1 is 1.35 bits per heavy atom. The first-order valence-electron chi connectivity index (χ1n) is 7.25. The van der Waals surface area contributed by atoms with Crippen molar-refractivity contribution in [2.24, 2.45) is 0 Å². The van der Waals surface area contributed by atoms with Crippen LogP contribution in [0, 0.1) is 6.92 Å². The highest BCUT2D eigenvalue weighted by atomic mass is 16.4. The number of nitrogens with zero attached hydrogens (tertiary/aromatic N) is 2. The second-order valence-electron chi connectivity index (χ2n) is 6.41. The van der Waals surface area contributed by atoms with Crippen molar-refractivity contribution in [1.82, 2.24) is 14.8 Å². The molecule has 2 heterocycles. The summed E-state index contributed by atoms with van der Waals surface area (Å²) in [5.41, 5.74) is 2.67. The fraction of sp³-hybridized carbons (Fsp3) is 0.312. The summed E-state index contributed by atoms with van der Waals surface area (Å²) >= 11 is 0. The van der Waals surface area contributed by atoms with Gasteiger partial charge in [-0.25, -0.2) is 4.79 Å². The molecule has 2 aromatic heterocycles. The Morgan fingerprint density at radius 2 is 2.09 bits per heavy atom. The Morgan fingerprint density at radius 3 is 2.74 bits per heavy atom. The van der Waals surface area contributed by atoms with Gasteiger partial charge in [-0.3, -0.25) is 14.5 Å². The van der Waals surface area contributed by atoms with Crippen LogP contribution in [0.3, 0.4) is 0 Å². The molecule has 0 saturated heterocycles. The number of carbonyl (C=O) groups is 1. The molecule has 0 aliphatic carbocycles. The van der Waals surface area contributed by atoms with Crippen molar-refractivity contribution in [3.05, 3.63) is 46.2 Å². The van der Waals surface area contributed by atoms with E-state index in [1.807, 2.05) is 32.4 Å². The fourth-order valence-electron chi connectivity index (χ4n) is 2.54. The predicted octanol–water partition coefficient (Wildman–Crippen LogP) is 2.63. The third kappa shape index (κ3) is 2.77. The lowest BCUT2D eigenvalue weighted by Crippen LogP contribution is -2.25. The van der Waals surface area contributed by atoms with Gasteiger partial charge in [-0.05, 0) is 45.9 Å². The minimum atomic E-state index is -0.522. The lowest BCUT2D eigenvalue weighted by Gasteiger charge is -2.21. The number of hydrogen-bond donors (Lipinski definition) is 2. The molecule has 0 unspecified atom stereocenters. The number of aromatic nitrogens is 3. The first kappa shape index (κ1) is 15.1. The predicted molar refractivity (Wildman–Crippen MR) is 86.7 cm³/mol. The second kappa shape index (κ2) is 5.12. The van der Waals surface area contributed by atoms with E-state index in [0.717, 1.165) is 5.69 Å². The van der Waals surface area contributed by atoms with Crippen molar-refractivity contribution in [3.63, 3.8) is 0 Å². The summed E-state index contributed by atoms with van der Waals surface area (Å²) < 4.78 is 6.75. The number of oxazole rings is 1. The van der Waals surface area contributed by atoms with Crippen molar-refractivity contribution in [2.75, 3.05) is 5.32 Å². The third-order valence-corrected chi connectivity index (χ3v) is 3.57. The Hall–Kier alpha value is -2.83. The molecule has 0 atom stereocenters. The van der Waals surface area contributed by atoms with Gasteiger partial charge in [0, 0.05) is 11.4 Å². The van der Waals surface area contributed by atoms with E-state index in [4.69, 9.17) is 4.42 Å². The van der Waals surface area contributed by atoms with Crippen LogP contribution in [-0.2, 0) is 5.54 Å². The van der Waals surface area contributed by atoms with Crippen molar-refractivity contribution < 1.29 is 9.21 Å². The molecule has 3 rings (SSSR count). The molecule has 120 valence electrons. The molecule has 2 N–H and O–H groups in total. The van der Waals surface area contributed by atoms with Crippen LogP contribution in [-0.4, -0.2) is 20.7 Å². The molecule has 0 bridgehead atoms. The molecule has 0 spiro atoms. The molecule has 0 aliphatic heterocycles. The summed E-state index contributed by atoms with van der Waals surface area (Å²) in [7, 11) is 0. The lowest BCUT2D eigenvalue weighted by atomic mass is 10.1. The average Bonchev–Trinajstić information content (AvgIpc) is 2.99. The summed E-state index contributed by atoms with van der Waals surface area (Å²) in [5.74, 6) is -0.769. The molecule has 3 aromatic rings. The molecule has 0 radical (unpaired) electrons. The SMILES string of the molecule is Cc1c(C(=O)Nc2ccc3oc(=O)[nH]c3c2)cnn1C(C)(C)C. The van der Waals surface area contributed by atoms with E-state index >= 15 is 0 Å². The van der Waals surface area contributed by atoms with Crippen LogP contribution in [0.2, 0.25) is 0 Å². The lowest BCUT2D eigenvalue weighted by molar-refractivity contribution is 0.102. The van der Waals surface area contributed by atoms with Crippen LogP contribution in [0.15, 0.2) is 33.6 Å². The van der Waals surface area contributed by atoms with Crippen LogP contribution >= 0.6 is 0 Å². The van der Waals surface area contributed by atoms with Gasteiger partial charge in [0.25, 0.3) is 5.91 Å². The van der Waals surface area contributed by atoms with Gasteiger partial charge in [-0.2, -0.15) is 5.10 Å². The summed E-state index contributed by atoms with van der Waals surface area (Å²) in [5, 5.41) is 7.11. The maximum absolute atomic E-state index is 12.5. The molecule has 0 aliphatic rings. The molecule has 1 amide bonds. The van der Waals surface area contributed by atoms with Gasteiger partial charge in [0.15, 0.2) is 5.58 Å². The number of amides is 1. The molecular formula is C16H18N4O3. The standard InChI is InChI=1S/C16H18N4O3/c1-9-11(8-17-20(9)16(2,3)4)14(21)18-10-5-6-13-12(7-10)19-15(22)23-13/h5-8H,1-4H3,(H,18,21)(H,19,22). The van der Waals surface area contributed by atoms with Crippen molar-refractivity contribution in [3.8, 4) is 0 Å². The number of aromatic amines is 1. The van der Waals surface area contributed by atoms with Gasteiger partial charge in [0.2, 0.25) is 0 Å². The van der Waals surface area contributed by atoms with Gasteiger partial charge in [-0.1, -0.05) is 0 Å². The summed E-state index contributed by atoms with van der Waals surface area (Å²) in [4.78, 5) is 26.2. The van der Waals surface area contributed by atoms with Gasteiger partial charge >= 0.3 is 5.76 Å². The van der Waals surface area contributed by atoms with E-state index in [-0.39, 0.29) is 11.4 Å². The van der Waals surface area contributed by atoms with Gasteiger partial charge < -0.3 is 9.73 Å². The van der Waals surface area contributed by atoms with Crippen LogP contribution < -0.4 is 11.1 Å².